The van der Waals surface area contributed by atoms with Crippen molar-refractivity contribution in [2.24, 2.45) is 0 Å². The summed E-state index contributed by atoms with van der Waals surface area (Å²) in [6.45, 7) is 0.748. The summed E-state index contributed by atoms with van der Waals surface area (Å²) in [6, 6.07) is 2.05. The first-order valence-electron chi connectivity index (χ1n) is 3.41. The van der Waals surface area contributed by atoms with E-state index >= 15 is 0 Å². The molecule has 1 aromatic heterocycles. The summed E-state index contributed by atoms with van der Waals surface area (Å²) in [4.78, 5) is 4.03. The smallest absolute Gasteiger partial charge is 0.0503 e. The molecule has 0 fully saturated rings. The Hall–Kier alpha value is -0.410. The molecule has 0 saturated heterocycles. The molecule has 11 heavy (non-hydrogen) atoms. The number of aromatic nitrogens is 1. The van der Waals surface area contributed by atoms with Crippen molar-refractivity contribution in [1.29, 1.82) is 0 Å². The van der Waals surface area contributed by atoms with Crippen LogP contribution in [0, 0.1) is 0 Å². The number of methoxy groups -OCH3 is 1. The van der Waals surface area contributed by atoms with Gasteiger partial charge in [0.25, 0.3) is 0 Å². The summed E-state index contributed by atoms with van der Waals surface area (Å²) in [5.74, 6) is 0. The lowest BCUT2D eigenvalue weighted by Gasteiger charge is -1.98. The zero-order valence-electron chi connectivity index (χ0n) is 6.38. The van der Waals surface area contributed by atoms with E-state index in [1.807, 2.05) is 12.3 Å². The summed E-state index contributed by atoms with van der Waals surface area (Å²) >= 11 is 3.35. The Morgan fingerprint density at radius 1 is 1.55 bits per heavy atom. The summed E-state index contributed by atoms with van der Waals surface area (Å²) in [5, 5.41) is 0. The summed E-state index contributed by atoms with van der Waals surface area (Å²) in [7, 11) is 1.70. The number of rotatable bonds is 3. The van der Waals surface area contributed by atoms with Gasteiger partial charge in [0, 0.05) is 24.0 Å². The van der Waals surface area contributed by atoms with Gasteiger partial charge in [0.2, 0.25) is 0 Å². The van der Waals surface area contributed by atoms with E-state index in [1.165, 1.54) is 5.56 Å². The molecule has 0 aromatic carbocycles. The third kappa shape index (κ3) is 2.99. The lowest BCUT2D eigenvalue weighted by molar-refractivity contribution is 0.202. The van der Waals surface area contributed by atoms with Gasteiger partial charge < -0.3 is 4.74 Å². The molecule has 3 heteroatoms. The number of nitrogens with zero attached hydrogens (tertiary/aromatic N) is 1. The second-order valence-corrected chi connectivity index (χ2v) is 3.17. The minimum absolute atomic E-state index is 0.748. The molecule has 60 valence electrons. The normalized spacial score (nSPS) is 10.0. The van der Waals surface area contributed by atoms with Gasteiger partial charge in [-0.3, -0.25) is 4.98 Å². The minimum atomic E-state index is 0.748. The maximum absolute atomic E-state index is 4.94. The Morgan fingerprint density at radius 2 is 2.36 bits per heavy atom. The van der Waals surface area contributed by atoms with E-state index in [0.717, 1.165) is 17.5 Å². The van der Waals surface area contributed by atoms with Crippen LogP contribution in [0.5, 0.6) is 0 Å². The summed E-state index contributed by atoms with van der Waals surface area (Å²) in [6.07, 6.45) is 4.54. The van der Waals surface area contributed by atoms with Crippen molar-refractivity contribution in [2.45, 2.75) is 6.42 Å². The van der Waals surface area contributed by atoms with Crippen LogP contribution in [0.3, 0.4) is 0 Å². The lowest BCUT2D eigenvalue weighted by atomic mass is 10.2. The first kappa shape index (κ1) is 8.68. The van der Waals surface area contributed by atoms with Gasteiger partial charge in [-0.15, -0.1) is 0 Å². The first-order valence-corrected chi connectivity index (χ1v) is 4.20. The van der Waals surface area contributed by atoms with Crippen molar-refractivity contribution in [3.05, 3.63) is 28.5 Å². The Balaban J connectivity index is 2.56. The van der Waals surface area contributed by atoms with Crippen LogP contribution in [-0.2, 0) is 11.2 Å². The fourth-order valence-corrected chi connectivity index (χ4v) is 1.22. The molecule has 2 nitrogen and oxygen atoms in total. The zero-order valence-corrected chi connectivity index (χ0v) is 7.97. The van der Waals surface area contributed by atoms with Gasteiger partial charge in [-0.2, -0.15) is 0 Å². The van der Waals surface area contributed by atoms with E-state index in [2.05, 4.69) is 20.9 Å². The van der Waals surface area contributed by atoms with Gasteiger partial charge in [0.1, 0.15) is 0 Å². The molecule has 0 aliphatic rings. The highest BCUT2D eigenvalue weighted by Crippen LogP contribution is 2.09. The highest BCUT2D eigenvalue weighted by atomic mass is 79.9. The largest absolute Gasteiger partial charge is 0.384 e. The molecule has 0 spiro atoms. The van der Waals surface area contributed by atoms with Crippen LogP contribution in [-0.4, -0.2) is 18.7 Å². The summed E-state index contributed by atoms with van der Waals surface area (Å²) in [5.41, 5.74) is 1.20. The second-order valence-electron chi connectivity index (χ2n) is 2.25. The molecule has 1 aromatic rings. The van der Waals surface area contributed by atoms with E-state index in [4.69, 9.17) is 4.74 Å². The predicted molar refractivity (Wildman–Crippen MR) is 47.5 cm³/mol. The molecular weight excluding hydrogens is 206 g/mol. The second kappa shape index (κ2) is 4.46. The standard InChI is InChI=1S/C8H10BrNO/c1-11-3-2-7-4-8(9)6-10-5-7/h4-6H,2-3H2,1H3. The quantitative estimate of drug-likeness (QED) is 0.771. The molecule has 0 aliphatic carbocycles. The third-order valence-electron chi connectivity index (χ3n) is 1.36. The Morgan fingerprint density at radius 3 is 3.00 bits per heavy atom. The number of pyridine rings is 1. The van der Waals surface area contributed by atoms with Gasteiger partial charge in [-0.1, -0.05) is 0 Å². The molecule has 0 amide bonds. The molecule has 0 unspecified atom stereocenters. The molecule has 1 rings (SSSR count). The first-order chi connectivity index (χ1) is 5.33. The molecule has 0 saturated carbocycles. The Kier molecular flexibility index (Phi) is 3.52. The number of ether oxygens (including phenoxy) is 1. The van der Waals surface area contributed by atoms with Gasteiger partial charge in [0.15, 0.2) is 0 Å². The molecule has 0 radical (unpaired) electrons. The van der Waals surface area contributed by atoms with Crippen molar-refractivity contribution in [3.63, 3.8) is 0 Å². The van der Waals surface area contributed by atoms with E-state index in [0.29, 0.717) is 0 Å². The average molecular weight is 216 g/mol. The van der Waals surface area contributed by atoms with Crippen molar-refractivity contribution >= 4 is 15.9 Å². The average Bonchev–Trinajstić information content (AvgIpc) is 2.01. The van der Waals surface area contributed by atoms with Crippen molar-refractivity contribution in [3.8, 4) is 0 Å². The van der Waals surface area contributed by atoms with Gasteiger partial charge in [-0.25, -0.2) is 0 Å². The van der Waals surface area contributed by atoms with Crippen LogP contribution in [0.15, 0.2) is 22.9 Å². The lowest BCUT2D eigenvalue weighted by Crippen LogP contribution is -1.94. The Labute approximate surface area is 74.7 Å². The number of halogens is 1. The van der Waals surface area contributed by atoms with Crippen LogP contribution < -0.4 is 0 Å². The van der Waals surface area contributed by atoms with E-state index in [9.17, 15) is 0 Å². The van der Waals surface area contributed by atoms with Crippen LogP contribution in [0.25, 0.3) is 0 Å². The van der Waals surface area contributed by atoms with Crippen LogP contribution in [0.4, 0.5) is 0 Å². The van der Waals surface area contributed by atoms with Crippen LogP contribution >= 0.6 is 15.9 Å². The third-order valence-corrected chi connectivity index (χ3v) is 1.79. The molecular formula is C8H10BrNO. The molecule has 0 aliphatic heterocycles. The van der Waals surface area contributed by atoms with E-state index in [-0.39, 0.29) is 0 Å². The fourth-order valence-electron chi connectivity index (χ4n) is 0.812. The highest BCUT2D eigenvalue weighted by Gasteiger charge is 1.93. The van der Waals surface area contributed by atoms with Crippen LogP contribution in [0.2, 0.25) is 0 Å². The summed E-state index contributed by atoms with van der Waals surface area (Å²) < 4.78 is 5.96. The van der Waals surface area contributed by atoms with Crippen molar-refractivity contribution < 1.29 is 4.74 Å². The molecule has 0 atom stereocenters. The maximum Gasteiger partial charge on any atom is 0.0503 e. The number of hydrogen-bond donors (Lipinski definition) is 0. The van der Waals surface area contributed by atoms with Crippen molar-refractivity contribution in [1.82, 2.24) is 4.98 Å². The van der Waals surface area contributed by atoms with Crippen LogP contribution in [0.1, 0.15) is 5.56 Å². The molecule has 1 heterocycles. The predicted octanol–water partition coefficient (Wildman–Crippen LogP) is 2.03. The maximum atomic E-state index is 4.94. The van der Waals surface area contributed by atoms with E-state index < -0.39 is 0 Å². The molecule has 0 N–H and O–H groups in total. The van der Waals surface area contributed by atoms with Gasteiger partial charge in [0.05, 0.1) is 6.61 Å². The molecule has 0 bridgehead atoms. The van der Waals surface area contributed by atoms with Gasteiger partial charge >= 0.3 is 0 Å². The van der Waals surface area contributed by atoms with E-state index in [1.54, 1.807) is 13.3 Å². The van der Waals surface area contributed by atoms with Gasteiger partial charge in [-0.05, 0) is 34.0 Å². The number of hydrogen-bond acceptors (Lipinski definition) is 2. The van der Waals surface area contributed by atoms with Crippen molar-refractivity contribution in [2.75, 3.05) is 13.7 Å². The SMILES string of the molecule is COCCc1cncc(Br)c1. The minimum Gasteiger partial charge on any atom is -0.384 e. The fraction of sp³-hybridized carbons (Fsp3) is 0.375. The Bertz CT molecular complexity index is 227. The topological polar surface area (TPSA) is 22.1 Å². The highest BCUT2D eigenvalue weighted by molar-refractivity contribution is 9.10. The zero-order chi connectivity index (χ0) is 8.10. The monoisotopic (exact) mass is 215 g/mol.